The normalized spacial score (nSPS) is 17.2. The van der Waals surface area contributed by atoms with Crippen molar-refractivity contribution in [2.24, 2.45) is 13.0 Å². The number of aromatic nitrogens is 4. The molecule has 8 heteroatoms. The first-order valence-corrected chi connectivity index (χ1v) is 9.11. The van der Waals surface area contributed by atoms with Crippen molar-refractivity contribution in [3.8, 4) is 0 Å². The first-order valence-electron chi connectivity index (χ1n) is 9.11. The summed E-state index contributed by atoms with van der Waals surface area (Å²) in [6.07, 6.45) is 1.75. The Labute approximate surface area is 156 Å². The lowest BCUT2D eigenvalue weighted by Gasteiger charge is -2.32. The van der Waals surface area contributed by atoms with E-state index in [0.717, 1.165) is 42.1 Å². The van der Waals surface area contributed by atoms with Crippen LogP contribution in [0, 0.1) is 5.92 Å². The molecule has 1 saturated heterocycles. The van der Waals surface area contributed by atoms with Crippen molar-refractivity contribution < 1.29 is 4.79 Å². The van der Waals surface area contributed by atoms with E-state index < -0.39 is 0 Å². The number of anilines is 1. The van der Waals surface area contributed by atoms with Crippen LogP contribution in [0.4, 0.5) is 5.82 Å². The van der Waals surface area contributed by atoms with E-state index in [4.69, 9.17) is 0 Å². The van der Waals surface area contributed by atoms with Gasteiger partial charge in [-0.05, 0) is 31.0 Å². The van der Waals surface area contributed by atoms with Gasteiger partial charge in [-0.2, -0.15) is 5.10 Å². The summed E-state index contributed by atoms with van der Waals surface area (Å²) >= 11 is 0. The smallest absolute Gasteiger partial charge is 0.266 e. The number of hydrogen-bond acceptors (Lipinski definition) is 5. The van der Waals surface area contributed by atoms with Crippen molar-refractivity contribution in [3.05, 3.63) is 52.6 Å². The molecule has 140 valence electrons. The maximum absolute atomic E-state index is 12.6. The number of imidazole rings is 1. The number of fused-ring (bicyclic) bond motifs is 1. The van der Waals surface area contributed by atoms with Gasteiger partial charge in [0.1, 0.15) is 11.6 Å². The Bertz CT molecular complexity index is 991. The number of nitrogens with one attached hydrogen (secondary N) is 2. The van der Waals surface area contributed by atoms with Crippen LogP contribution >= 0.6 is 0 Å². The molecule has 27 heavy (non-hydrogen) atoms. The lowest BCUT2D eigenvalue weighted by Crippen LogP contribution is -2.43. The summed E-state index contributed by atoms with van der Waals surface area (Å²) in [7, 11) is 1.63. The fraction of sp³-hybridized carbons (Fsp3) is 0.368. The number of rotatable bonds is 4. The van der Waals surface area contributed by atoms with Crippen LogP contribution in [0.15, 0.2) is 41.2 Å². The van der Waals surface area contributed by atoms with Gasteiger partial charge in [0, 0.05) is 26.2 Å². The lowest BCUT2D eigenvalue weighted by molar-refractivity contribution is -0.125. The Balaban J connectivity index is 1.39. The molecule has 1 fully saturated rings. The van der Waals surface area contributed by atoms with Crippen LogP contribution in [0.3, 0.4) is 0 Å². The largest absolute Gasteiger partial charge is 0.354 e. The number of piperidine rings is 1. The number of para-hydroxylation sites is 2. The number of nitrogens with zero attached hydrogens (tertiary/aromatic N) is 4. The minimum atomic E-state index is -0.143. The second kappa shape index (κ2) is 7.22. The Hall–Kier alpha value is -3.16. The molecule has 0 aliphatic carbocycles. The Morgan fingerprint density at radius 2 is 2.15 bits per heavy atom. The molecule has 1 atom stereocenters. The molecule has 1 aliphatic heterocycles. The van der Waals surface area contributed by atoms with E-state index in [9.17, 15) is 9.59 Å². The van der Waals surface area contributed by atoms with E-state index >= 15 is 0 Å². The predicted octanol–water partition coefficient (Wildman–Crippen LogP) is 1.19. The number of aryl methyl sites for hydroxylation is 1. The molecule has 3 heterocycles. The Kier molecular flexibility index (Phi) is 4.62. The first-order chi connectivity index (χ1) is 13.1. The summed E-state index contributed by atoms with van der Waals surface area (Å²) in [5.74, 6) is 1.39. The van der Waals surface area contributed by atoms with E-state index in [1.807, 2.05) is 24.3 Å². The molecule has 1 aromatic carbocycles. The highest BCUT2D eigenvalue weighted by molar-refractivity contribution is 5.80. The summed E-state index contributed by atoms with van der Waals surface area (Å²) in [6, 6.07) is 11.0. The van der Waals surface area contributed by atoms with Crippen molar-refractivity contribution >= 4 is 22.8 Å². The topological polar surface area (TPSA) is 95.9 Å². The van der Waals surface area contributed by atoms with Crippen LogP contribution in [-0.2, 0) is 18.4 Å². The maximum atomic E-state index is 12.6. The van der Waals surface area contributed by atoms with Gasteiger partial charge in [0.05, 0.1) is 23.5 Å². The maximum Gasteiger partial charge on any atom is 0.266 e. The molecule has 4 rings (SSSR count). The van der Waals surface area contributed by atoms with Gasteiger partial charge < -0.3 is 15.2 Å². The average molecular weight is 366 g/mol. The highest BCUT2D eigenvalue weighted by atomic mass is 16.2. The zero-order valence-corrected chi connectivity index (χ0v) is 15.2. The molecular weight excluding hydrogens is 344 g/mol. The summed E-state index contributed by atoms with van der Waals surface area (Å²) in [5, 5.41) is 7.28. The summed E-state index contributed by atoms with van der Waals surface area (Å²) in [6.45, 7) is 1.80. The average Bonchev–Trinajstić information content (AvgIpc) is 3.11. The van der Waals surface area contributed by atoms with E-state index in [-0.39, 0.29) is 17.4 Å². The molecule has 0 spiro atoms. The predicted molar refractivity (Wildman–Crippen MR) is 102 cm³/mol. The molecule has 1 aliphatic rings. The molecule has 2 N–H and O–H groups in total. The molecule has 0 bridgehead atoms. The van der Waals surface area contributed by atoms with Gasteiger partial charge in [-0.15, -0.1) is 0 Å². The minimum Gasteiger partial charge on any atom is -0.354 e. The molecule has 1 unspecified atom stereocenters. The van der Waals surface area contributed by atoms with Gasteiger partial charge in [-0.3, -0.25) is 9.59 Å². The van der Waals surface area contributed by atoms with Gasteiger partial charge in [0.15, 0.2) is 0 Å². The summed E-state index contributed by atoms with van der Waals surface area (Å²) in [5.41, 5.74) is 1.72. The second-order valence-electron chi connectivity index (χ2n) is 6.86. The fourth-order valence-corrected chi connectivity index (χ4v) is 3.46. The SMILES string of the molecule is Cn1nc(N2CCCC(C(=O)NCc3nc4ccccc4[nH]3)C2)ccc1=O. The van der Waals surface area contributed by atoms with Gasteiger partial charge >= 0.3 is 0 Å². The van der Waals surface area contributed by atoms with E-state index in [1.165, 1.54) is 10.7 Å². The van der Waals surface area contributed by atoms with Crippen LogP contribution in [0.5, 0.6) is 0 Å². The van der Waals surface area contributed by atoms with Crippen molar-refractivity contribution in [2.45, 2.75) is 19.4 Å². The molecule has 0 saturated carbocycles. The lowest BCUT2D eigenvalue weighted by atomic mass is 9.97. The molecule has 3 aromatic rings. The molecule has 2 aromatic heterocycles. The third-order valence-electron chi connectivity index (χ3n) is 4.93. The summed E-state index contributed by atoms with van der Waals surface area (Å²) in [4.78, 5) is 33.9. The van der Waals surface area contributed by atoms with Gasteiger partial charge in [0.2, 0.25) is 5.91 Å². The summed E-state index contributed by atoms with van der Waals surface area (Å²) < 4.78 is 1.32. The highest BCUT2D eigenvalue weighted by Gasteiger charge is 2.26. The van der Waals surface area contributed by atoms with E-state index in [2.05, 4.69) is 25.3 Å². The number of aromatic amines is 1. The molecule has 0 radical (unpaired) electrons. The number of carbonyl (C=O) groups is 1. The molecule has 8 nitrogen and oxygen atoms in total. The number of benzene rings is 1. The quantitative estimate of drug-likeness (QED) is 0.723. The fourth-order valence-electron chi connectivity index (χ4n) is 3.46. The van der Waals surface area contributed by atoms with Crippen LogP contribution in [0.25, 0.3) is 11.0 Å². The van der Waals surface area contributed by atoms with Crippen molar-refractivity contribution in [3.63, 3.8) is 0 Å². The van der Waals surface area contributed by atoms with Crippen LogP contribution in [0.2, 0.25) is 0 Å². The molecular formula is C19H22N6O2. The number of amides is 1. The monoisotopic (exact) mass is 366 g/mol. The van der Waals surface area contributed by atoms with Gasteiger partial charge in [-0.25, -0.2) is 9.67 Å². The number of hydrogen-bond donors (Lipinski definition) is 2. The number of H-pyrrole nitrogens is 1. The standard InChI is InChI=1S/C19H22N6O2/c1-24-18(26)9-8-17(23-24)25-10-4-5-13(12-25)19(27)20-11-16-21-14-6-2-3-7-15(14)22-16/h2-3,6-9,13H,4-5,10-12H2,1H3,(H,20,27)(H,21,22). The van der Waals surface area contributed by atoms with Crippen molar-refractivity contribution in [1.82, 2.24) is 25.1 Å². The van der Waals surface area contributed by atoms with Crippen molar-refractivity contribution in [1.29, 1.82) is 0 Å². The third-order valence-corrected chi connectivity index (χ3v) is 4.93. The van der Waals surface area contributed by atoms with Crippen LogP contribution in [0.1, 0.15) is 18.7 Å². The van der Waals surface area contributed by atoms with E-state index in [1.54, 1.807) is 13.1 Å². The first kappa shape index (κ1) is 17.3. The van der Waals surface area contributed by atoms with Crippen LogP contribution in [-0.4, -0.2) is 38.7 Å². The van der Waals surface area contributed by atoms with Crippen LogP contribution < -0.4 is 15.8 Å². The zero-order valence-electron chi connectivity index (χ0n) is 15.2. The zero-order chi connectivity index (χ0) is 18.8. The molecule has 1 amide bonds. The second-order valence-corrected chi connectivity index (χ2v) is 6.86. The minimum absolute atomic E-state index is 0.0185. The number of carbonyl (C=O) groups excluding carboxylic acids is 1. The van der Waals surface area contributed by atoms with E-state index in [0.29, 0.717) is 13.1 Å². The Morgan fingerprint density at radius 1 is 1.30 bits per heavy atom. The van der Waals surface area contributed by atoms with Gasteiger partial charge in [-0.1, -0.05) is 12.1 Å². The highest BCUT2D eigenvalue weighted by Crippen LogP contribution is 2.21. The van der Waals surface area contributed by atoms with Crippen molar-refractivity contribution in [2.75, 3.05) is 18.0 Å². The van der Waals surface area contributed by atoms with Gasteiger partial charge in [0.25, 0.3) is 5.56 Å². The Morgan fingerprint density at radius 3 is 2.96 bits per heavy atom. The third kappa shape index (κ3) is 3.69.